The molecule has 0 saturated heterocycles. The molecule has 1 aliphatic rings. The van der Waals surface area contributed by atoms with E-state index in [-0.39, 0.29) is 0 Å². The number of hydrogen-bond acceptors (Lipinski definition) is 2. The van der Waals surface area contributed by atoms with Gasteiger partial charge in [0.05, 0.1) is 5.41 Å². The molecule has 1 aromatic rings. The molecule has 0 aliphatic heterocycles. The molecule has 4 heteroatoms. The van der Waals surface area contributed by atoms with Gasteiger partial charge in [-0.1, -0.05) is 6.07 Å². The van der Waals surface area contributed by atoms with Gasteiger partial charge in [0.2, 0.25) is 0 Å². The van der Waals surface area contributed by atoms with Crippen LogP contribution in [0.4, 0.5) is 4.39 Å². The molecule has 2 nitrogen and oxygen atoms in total. The van der Waals surface area contributed by atoms with E-state index in [9.17, 15) is 9.18 Å². The number of benzene rings is 1. The fourth-order valence-electron chi connectivity index (χ4n) is 1.83. The molecule has 0 heterocycles. The average Bonchev–Trinajstić information content (AvgIpc) is 2.98. The van der Waals surface area contributed by atoms with Crippen molar-refractivity contribution in [2.24, 2.45) is 0 Å². The maximum Gasteiger partial charge on any atom is 0.314 e. The summed E-state index contributed by atoms with van der Waals surface area (Å²) in [7, 11) is 0. The van der Waals surface area contributed by atoms with E-state index in [2.05, 4.69) is 0 Å². The van der Waals surface area contributed by atoms with E-state index in [0.717, 1.165) is 4.90 Å². The highest BCUT2D eigenvalue weighted by Crippen LogP contribution is 2.51. The minimum Gasteiger partial charge on any atom is -0.481 e. The Morgan fingerprint density at radius 2 is 2.20 bits per heavy atom. The van der Waals surface area contributed by atoms with Gasteiger partial charge in [-0.2, -0.15) is 0 Å². The van der Waals surface area contributed by atoms with Gasteiger partial charge in [-0.15, -0.1) is 11.8 Å². The molecular formula is C11H11FO2S. The minimum atomic E-state index is -0.955. The van der Waals surface area contributed by atoms with Crippen LogP contribution in [-0.4, -0.2) is 17.3 Å². The fourth-order valence-corrected chi connectivity index (χ4v) is 2.55. The molecule has 1 aromatic carbocycles. The van der Waals surface area contributed by atoms with Crippen LogP contribution in [0.5, 0.6) is 0 Å². The lowest BCUT2D eigenvalue weighted by molar-refractivity contribution is -0.140. The highest BCUT2D eigenvalue weighted by molar-refractivity contribution is 7.98. The number of thioether (sulfide) groups is 1. The number of rotatable bonds is 3. The van der Waals surface area contributed by atoms with Gasteiger partial charge in [-0.05, 0) is 31.2 Å². The second-order valence-electron chi connectivity index (χ2n) is 3.70. The van der Waals surface area contributed by atoms with Crippen LogP contribution in [0.15, 0.2) is 23.1 Å². The van der Waals surface area contributed by atoms with E-state index >= 15 is 0 Å². The Hall–Kier alpha value is -1.03. The minimum absolute atomic E-state index is 0.366. The molecule has 0 aromatic heterocycles. The molecule has 0 unspecified atom stereocenters. The predicted molar refractivity (Wildman–Crippen MR) is 56.7 cm³/mol. The van der Waals surface area contributed by atoms with Crippen LogP contribution >= 0.6 is 11.8 Å². The number of carbonyl (C=O) groups is 1. The Morgan fingerprint density at radius 1 is 1.53 bits per heavy atom. The van der Waals surface area contributed by atoms with Gasteiger partial charge < -0.3 is 5.11 Å². The lowest BCUT2D eigenvalue weighted by Gasteiger charge is -2.14. The SMILES string of the molecule is CSc1cccc(F)c1C1(C(=O)O)CC1. The van der Waals surface area contributed by atoms with E-state index < -0.39 is 17.2 Å². The Kier molecular flexibility index (Phi) is 2.46. The molecule has 1 fully saturated rings. The van der Waals surface area contributed by atoms with Crippen LogP contribution in [0.25, 0.3) is 0 Å². The lowest BCUT2D eigenvalue weighted by Crippen LogP contribution is -2.21. The first-order valence-electron chi connectivity index (χ1n) is 4.68. The van der Waals surface area contributed by atoms with Gasteiger partial charge in [-0.25, -0.2) is 4.39 Å². The van der Waals surface area contributed by atoms with Crippen LogP contribution in [0.3, 0.4) is 0 Å². The topological polar surface area (TPSA) is 37.3 Å². The fraction of sp³-hybridized carbons (Fsp3) is 0.364. The maximum absolute atomic E-state index is 13.7. The van der Waals surface area contributed by atoms with Crippen molar-refractivity contribution in [2.45, 2.75) is 23.2 Å². The van der Waals surface area contributed by atoms with Crippen LogP contribution in [0.1, 0.15) is 18.4 Å². The third-order valence-corrected chi connectivity index (χ3v) is 3.61. The third kappa shape index (κ3) is 1.53. The molecule has 1 N–H and O–H groups in total. The molecule has 0 atom stereocenters. The van der Waals surface area contributed by atoms with Gasteiger partial charge in [-0.3, -0.25) is 4.79 Å². The maximum atomic E-state index is 13.7. The highest BCUT2D eigenvalue weighted by Gasteiger charge is 2.54. The van der Waals surface area contributed by atoms with Crippen molar-refractivity contribution >= 4 is 17.7 Å². The Morgan fingerprint density at radius 3 is 2.67 bits per heavy atom. The summed E-state index contributed by atoms with van der Waals surface area (Å²) in [6.45, 7) is 0. The summed E-state index contributed by atoms with van der Waals surface area (Å²) in [5, 5.41) is 9.13. The molecular weight excluding hydrogens is 215 g/mol. The molecule has 1 saturated carbocycles. The Bertz CT molecular complexity index is 413. The smallest absolute Gasteiger partial charge is 0.314 e. The third-order valence-electron chi connectivity index (χ3n) is 2.83. The largest absolute Gasteiger partial charge is 0.481 e. The second-order valence-corrected chi connectivity index (χ2v) is 4.55. The van der Waals surface area contributed by atoms with E-state index in [0.29, 0.717) is 18.4 Å². The van der Waals surface area contributed by atoms with Gasteiger partial charge in [0.25, 0.3) is 0 Å². The van der Waals surface area contributed by atoms with E-state index in [1.165, 1.54) is 17.8 Å². The van der Waals surface area contributed by atoms with Gasteiger partial charge >= 0.3 is 5.97 Å². The summed E-state index contributed by atoms with van der Waals surface area (Å²) in [6.07, 6.45) is 2.91. The lowest BCUT2D eigenvalue weighted by atomic mass is 9.95. The summed E-state index contributed by atoms with van der Waals surface area (Å²) >= 11 is 1.39. The molecule has 80 valence electrons. The van der Waals surface area contributed by atoms with Crippen LogP contribution in [0, 0.1) is 5.82 Å². The molecule has 0 amide bonds. The van der Waals surface area contributed by atoms with Crippen LogP contribution in [-0.2, 0) is 10.2 Å². The first-order chi connectivity index (χ1) is 7.12. The number of halogens is 1. The van der Waals surface area contributed by atoms with E-state index in [1.54, 1.807) is 12.1 Å². The quantitative estimate of drug-likeness (QED) is 0.805. The van der Waals surface area contributed by atoms with Crippen molar-refractivity contribution in [2.75, 3.05) is 6.26 Å². The molecule has 0 spiro atoms. The second kappa shape index (κ2) is 3.52. The summed E-state index contributed by atoms with van der Waals surface area (Å²) in [5.74, 6) is -1.32. The highest BCUT2D eigenvalue weighted by atomic mass is 32.2. The molecule has 0 radical (unpaired) electrons. The van der Waals surface area contributed by atoms with Crippen molar-refractivity contribution < 1.29 is 14.3 Å². The normalized spacial score (nSPS) is 17.5. The predicted octanol–water partition coefficient (Wildman–Crippen LogP) is 2.66. The van der Waals surface area contributed by atoms with Crippen molar-refractivity contribution in [1.82, 2.24) is 0 Å². The zero-order valence-corrected chi connectivity index (χ0v) is 9.10. The van der Waals surface area contributed by atoms with Gasteiger partial charge in [0, 0.05) is 10.5 Å². The molecule has 0 bridgehead atoms. The monoisotopic (exact) mass is 226 g/mol. The summed E-state index contributed by atoms with van der Waals surface area (Å²) in [5.41, 5.74) is -0.589. The summed E-state index contributed by atoms with van der Waals surface area (Å²) in [6, 6.07) is 4.72. The Labute approximate surface area is 91.5 Å². The number of aliphatic carboxylic acids is 1. The first kappa shape index (κ1) is 10.5. The van der Waals surface area contributed by atoms with Crippen LogP contribution in [0.2, 0.25) is 0 Å². The summed E-state index contributed by atoms with van der Waals surface area (Å²) < 4.78 is 13.7. The van der Waals surface area contributed by atoms with E-state index in [1.807, 2.05) is 6.26 Å². The van der Waals surface area contributed by atoms with Crippen LogP contribution < -0.4 is 0 Å². The van der Waals surface area contributed by atoms with Crippen molar-refractivity contribution in [1.29, 1.82) is 0 Å². The molecule has 1 aliphatic carbocycles. The number of hydrogen-bond donors (Lipinski definition) is 1. The summed E-state index contributed by atoms with van der Waals surface area (Å²) in [4.78, 5) is 11.9. The van der Waals surface area contributed by atoms with Crippen molar-refractivity contribution in [3.05, 3.63) is 29.6 Å². The molecule has 15 heavy (non-hydrogen) atoms. The van der Waals surface area contributed by atoms with E-state index in [4.69, 9.17) is 5.11 Å². The zero-order chi connectivity index (χ0) is 11.1. The van der Waals surface area contributed by atoms with Gasteiger partial charge in [0.1, 0.15) is 5.82 Å². The first-order valence-corrected chi connectivity index (χ1v) is 5.90. The Balaban J connectivity index is 2.56. The number of carboxylic acid groups (broad SMARTS) is 1. The zero-order valence-electron chi connectivity index (χ0n) is 8.29. The number of carboxylic acids is 1. The standard InChI is InChI=1S/C11H11FO2S/c1-15-8-4-2-3-7(12)9(8)11(5-6-11)10(13)14/h2-4H,5-6H2,1H3,(H,13,14). The average molecular weight is 226 g/mol. The van der Waals surface area contributed by atoms with Gasteiger partial charge in [0.15, 0.2) is 0 Å². The molecule has 2 rings (SSSR count). The van der Waals surface area contributed by atoms with Crippen molar-refractivity contribution in [3.63, 3.8) is 0 Å². The van der Waals surface area contributed by atoms with Crippen molar-refractivity contribution in [3.8, 4) is 0 Å².